The van der Waals surface area contributed by atoms with Crippen LogP contribution in [0.1, 0.15) is 28.8 Å². The van der Waals surface area contributed by atoms with Crippen LogP contribution in [-0.2, 0) is 16.6 Å². The number of likely N-dealkylation sites (tertiary alicyclic amines) is 1. The minimum Gasteiger partial charge on any atom is -0.348 e. The Balaban J connectivity index is 1.20. The fraction of sp³-hybridized carbons (Fsp3) is 0.391. The van der Waals surface area contributed by atoms with Gasteiger partial charge in [-0.25, -0.2) is 13.4 Å². The van der Waals surface area contributed by atoms with Crippen LogP contribution >= 0.6 is 0 Å². The van der Waals surface area contributed by atoms with Crippen molar-refractivity contribution in [2.75, 3.05) is 33.2 Å². The van der Waals surface area contributed by atoms with Crippen LogP contribution in [0.5, 0.6) is 0 Å². The number of sulfonamides is 1. The molecule has 0 saturated carbocycles. The summed E-state index contributed by atoms with van der Waals surface area (Å²) >= 11 is 0. The zero-order valence-corrected chi connectivity index (χ0v) is 18.9. The van der Waals surface area contributed by atoms with Crippen LogP contribution in [0.15, 0.2) is 59.9 Å². The summed E-state index contributed by atoms with van der Waals surface area (Å²) in [5, 5.41) is 2.88. The third-order valence-corrected chi connectivity index (χ3v) is 8.35. The molecule has 0 unspecified atom stereocenters. The molecule has 9 heteroatoms. The summed E-state index contributed by atoms with van der Waals surface area (Å²) in [5.41, 5.74) is 2.27. The van der Waals surface area contributed by atoms with Crippen molar-refractivity contribution < 1.29 is 13.2 Å². The largest absolute Gasteiger partial charge is 0.348 e. The third-order valence-electron chi connectivity index (χ3n) is 6.54. The van der Waals surface area contributed by atoms with E-state index in [0.717, 1.165) is 37.1 Å². The van der Waals surface area contributed by atoms with Crippen LogP contribution in [-0.4, -0.2) is 66.1 Å². The number of amides is 1. The number of hydrogen-bond donors (Lipinski definition) is 1. The molecule has 2 saturated heterocycles. The van der Waals surface area contributed by atoms with Gasteiger partial charge in [-0.2, -0.15) is 4.31 Å². The van der Waals surface area contributed by atoms with Gasteiger partial charge < -0.3 is 14.6 Å². The lowest BCUT2D eigenvalue weighted by molar-refractivity contribution is -0.000783. The molecular formula is C23H27N5O3S. The zero-order chi connectivity index (χ0) is 22.3. The Morgan fingerprint density at radius 1 is 1.12 bits per heavy atom. The Hall–Kier alpha value is -2.75. The fourth-order valence-corrected chi connectivity index (χ4v) is 6.52. The topological polar surface area (TPSA) is 87.0 Å². The lowest BCUT2D eigenvalue weighted by Crippen LogP contribution is -2.63. The zero-order valence-electron chi connectivity index (χ0n) is 18.1. The van der Waals surface area contributed by atoms with E-state index in [1.54, 1.807) is 63.7 Å². The summed E-state index contributed by atoms with van der Waals surface area (Å²) in [4.78, 5) is 19.2. The number of nitrogens with one attached hydrogen (secondary N) is 1. The highest BCUT2D eigenvalue weighted by atomic mass is 32.2. The maximum absolute atomic E-state index is 13.0. The molecule has 168 valence electrons. The maximum Gasteiger partial charge on any atom is 0.253 e. The van der Waals surface area contributed by atoms with Crippen molar-refractivity contribution in [2.24, 2.45) is 5.41 Å². The van der Waals surface area contributed by atoms with Crippen molar-refractivity contribution in [1.82, 2.24) is 23.9 Å². The molecule has 0 aliphatic carbocycles. The minimum absolute atomic E-state index is 0.115. The molecule has 0 atom stereocenters. The molecule has 3 aromatic rings. The quantitative estimate of drug-likeness (QED) is 0.638. The first-order chi connectivity index (χ1) is 15.3. The van der Waals surface area contributed by atoms with Crippen LogP contribution in [0.2, 0.25) is 0 Å². The van der Waals surface area contributed by atoms with E-state index < -0.39 is 10.0 Å². The van der Waals surface area contributed by atoms with Gasteiger partial charge in [0.25, 0.3) is 5.91 Å². The normalized spacial score (nSPS) is 19.2. The number of piperidine rings is 1. The molecule has 8 nitrogen and oxygen atoms in total. The lowest BCUT2D eigenvalue weighted by Gasteiger charge is -2.53. The van der Waals surface area contributed by atoms with E-state index in [-0.39, 0.29) is 11.3 Å². The molecular weight excluding hydrogens is 426 g/mol. The van der Waals surface area contributed by atoms with Crippen molar-refractivity contribution in [3.8, 4) is 0 Å². The molecule has 1 amide bonds. The van der Waals surface area contributed by atoms with Crippen LogP contribution in [0, 0.1) is 5.41 Å². The molecule has 1 aromatic carbocycles. The van der Waals surface area contributed by atoms with Crippen molar-refractivity contribution >= 4 is 21.6 Å². The van der Waals surface area contributed by atoms with Gasteiger partial charge in [0.05, 0.1) is 10.5 Å². The Kier molecular flexibility index (Phi) is 5.27. The second kappa shape index (κ2) is 7.99. The molecule has 0 radical (unpaired) electrons. The monoisotopic (exact) mass is 453 g/mol. The van der Waals surface area contributed by atoms with E-state index in [1.807, 2.05) is 0 Å². The van der Waals surface area contributed by atoms with Crippen molar-refractivity contribution in [1.29, 1.82) is 0 Å². The number of hydrogen-bond acceptors (Lipinski definition) is 5. The average Bonchev–Trinajstić information content (AvgIpc) is 3.24. The number of carbonyl (C=O) groups excluding carboxylic acids is 1. The summed E-state index contributed by atoms with van der Waals surface area (Å²) in [6, 6.07) is 10.3. The number of pyridine rings is 1. The Bertz CT molecular complexity index is 1250. The van der Waals surface area contributed by atoms with Gasteiger partial charge >= 0.3 is 0 Å². The second-order valence-corrected chi connectivity index (χ2v) is 11.0. The number of aromatic nitrogens is 2. The van der Waals surface area contributed by atoms with Gasteiger partial charge in [-0.15, -0.1) is 0 Å². The summed E-state index contributed by atoms with van der Waals surface area (Å²) < 4.78 is 29.4. The highest BCUT2D eigenvalue weighted by Crippen LogP contribution is 2.41. The van der Waals surface area contributed by atoms with E-state index in [9.17, 15) is 13.2 Å². The molecule has 4 heterocycles. The van der Waals surface area contributed by atoms with Gasteiger partial charge in [0, 0.05) is 50.2 Å². The number of fused-ring (bicyclic) bond motifs is 1. The van der Waals surface area contributed by atoms with Gasteiger partial charge in [-0.3, -0.25) is 4.79 Å². The SMILES string of the molecule is CN1CCCC2(C1)CN(S(=O)(=O)c1ccc(CNC(=O)c3ccc4nccn4c3)cc1)C2. The first-order valence-corrected chi connectivity index (χ1v) is 12.3. The van der Waals surface area contributed by atoms with Crippen molar-refractivity contribution in [3.63, 3.8) is 0 Å². The molecule has 32 heavy (non-hydrogen) atoms. The summed E-state index contributed by atoms with van der Waals surface area (Å²) in [5.74, 6) is -0.194. The molecule has 1 N–H and O–H groups in total. The minimum atomic E-state index is -3.48. The van der Waals surface area contributed by atoms with Gasteiger partial charge in [-0.1, -0.05) is 12.1 Å². The van der Waals surface area contributed by atoms with E-state index in [4.69, 9.17) is 0 Å². The van der Waals surface area contributed by atoms with Gasteiger partial charge in [0.2, 0.25) is 10.0 Å². The van der Waals surface area contributed by atoms with Gasteiger partial charge in [0.1, 0.15) is 5.65 Å². The van der Waals surface area contributed by atoms with Gasteiger partial charge in [0.15, 0.2) is 0 Å². The molecule has 1 spiro atoms. The van der Waals surface area contributed by atoms with Crippen LogP contribution in [0.3, 0.4) is 0 Å². The second-order valence-electron chi connectivity index (χ2n) is 9.05. The molecule has 2 aromatic heterocycles. The Labute approximate surface area is 187 Å². The third kappa shape index (κ3) is 3.92. The number of benzene rings is 1. The number of rotatable bonds is 5. The molecule has 0 bridgehead atoms. The standard InChI is InChI=1S/C23H27N5O3S/c1-26-11-2-9-23(15-26)16-28(17-23)32(30,31)20-6-3-18(4-7-20)13-25-22(29)19-5-8-21-24-10-12-27(21)14-19/h3-8,10,12,14H,2,9,11,13,15-17H2,1H3,(H,25,29). The highest BCUT2D eigenvalue weighted by Gasteiger charge is 2.49. The molecule has 2 aliphatic rings. The predicted molar refractivity (Wildman–Crippen MR) is 121 cm³/mol. The summed E-state index contributed by atoms with van der Waals surface area (Å²) in [7, 11) is -1.38. The fourth-order valence-electron chi connectivity index (χ4n) is 4.85. The van der Waals surface area contributed by atoms with Crippen LogP contribution < -0.4 is 5.32 Å². The van der Waals surface area contributed by atoms with Crippen molar-refractivity contribution in [2.45, 2.75) is 24.3 Å². The first-order valence-electron chi connectivity index (χ1n) is 10.8. The van der Waals surface area contributed by atoms with E-state index >= 15 is 0 Å². The lowest BCUT2D eigenvalue weighted by atomic mass is 9.75. The number of imidazole rings is 1. The summed E-state index contributed by atoms with van der Waals surface area (Å²) in [6.07, 6.45) is 7.42. The van der Waals surface area contributed by atoms with Gasteiger partial charge in [-0.05, 0) is 56.3 Å². The molecule has 5 rings (SSSR count). The highest BCUT2D eigenvalue weighted by molar-refractivity contribution is 7.89. The van der Waals surface area contributed by atoms with E-state index in [2.05, 4.69) is 22.2 Å². The summed E-state index contributed by atoms with van der Waals surface area (Å²) in [6.45, 7) is 3.56. The smallest absolute Gasteiger partial charge is 0.253 e. The van der Waals surface area contributed by atoms with Crippen LogP contribution in [0.4, 0.5) is 0 Å². The number of nitrogens with zero attached hydrogens (tertiary/aromatic N) is 4. The van der Waals surface area contributed by atoms with E-state index in [0.29, 0.717) is 30.1 Å². The Morgan fingerprint density at radius 2 is 1.91 bits per heavy atom. The Morgan fingerprint density at radius 3 is 2.66 bits per heavy atom. The maximum atomic E-state index is 13.0. The predicted octanol–water partition coefficient (Wildman–Crippen LogP) is 1.98. The first kappa shape index (κ1) is 21.1. The molecule has 2 fully saturated rings. The van der Waals surface area contributed by atoms with E-state index in [1.165, 1.54) is 0 Å². The van der Waals surface area contributed by atoms with Crippen molar-refractivity contribution in [3.05, 3.63) is 66.1 Å². The molecule has 2 aliphatic heterocycles. The number of carbonyl (C=O) groups is 1. The van der Waals surface area contributed by atoms with Crippen LogP contribution in [0.25, 0.3) is 5.65 Å². The average molecular weight is 454 g/mol.